The SMILES string of the molecule is CCCCCCC(C)(C)C1C=C2OC(C)(C)[C@@H]3CCC(NC(C)=O)C[C@H]3C2=C(O)C1=O. The number of hydrogen-bond donors (Lipinski definition) is 2. The Morgan fingerprint density at radius 2 is 1.97 bits per heavy atom. The van der Waals surface area contributed by atoms with Crippen LogP contribution < -0.4 is 5.32 Å². The third kappa shape index (κ3) is 4.85. The largest absolute Gasteiger partial charge is 0.504 e. The Morgan fingerprint density at radius 3 is 2.61 bits per heavy atom. The van der Waals surface area contributed by atoms with Crippen molar-refractivity contribution in [2.24, 2.45) is 23.2 Å². The first kappa shape index (κ1) is 23.9. The van der Waals surface area contributed by atoms with Gasteiger partial charge in [-0.25, -0.2) is 0 Å². The van der Waals surface area contributed by atoms with Crippen LogP contribution in [0.15, 0.2) is 23.2 Å². The van der Waals surface area contributed by atoms with Crippen LogP contribution in [0.1, 0.15) is 92.9 Å². The maximum absolute atomic E-state index is 13.3. The third-order valence-corrected chi connectivity index (χ3v) is 7.77. The molecule has 0 aromatic heterocycles. The Balaban J connectivity index is 1.89. The smallest absolute Gasteiger partial charge is 0.217 e. The van der Waals surface area contributed by atoms with Crippen LogP contribution in [-0.2, 0) is 14.3 Å². The average molecular weight is 432 g/mol. The summed E-state index contributed by atoms with van der Waals surface area (Å²) in [4.78, 5) is 24.9. The molecule has 174 valence electrons. The van der Waals surface area contributed by atoms with Crippen LogP contribution in [0, 0.1) is 23.2 Å². The molecule has 2 aliphatic carbocycles. The second kappa shape index (κ2) is 8.99. The minimum atomic E-state index is -0.380. The van der Waals surface area contributed by atoms with Gasteiger partial charge in [0.25, 0.3) is 0 Å². The lowest BCUT2D eigenvalue weighted by Gasteiger charge is -2.51. The lowest BCUT2D eigenvalue weighted by molar-refractivity contribution is -0.126. The van der Waals surface area contributed by atoms with Gasteiger partial charge in [0.2, 0.25) is 11.7 Å². The molecule has 31 heavy (non-hydrogen) atoms. The quantitative estimate of drug-likeness (QED) is 0.514. The van der Waals surface area contributed by atoms with Crippen molar-refractivity contribution in [1.82, 2.24) is 5.32 Å². The van der Waals surface area contributed by atoms with Crippen molar-refractivity contribution >= 4 is 11.7 Å². The van der Waals surface area contributed by atoms with Crippen LogP contribution in [0.25, 0.3) is 0 Å². The fraction of sp³-hybridized carbons (Fsp3) is 0.769. The monoisotopic (exact) mass is 431 g/mol. The minimum absolute atomic E-state index is 0.0122. The molecule has 0 radical (unpaired) electrons. The molecule has 4 atom stereocenters. The minimum Gasteiger partial charge on any atom is -0.504 e. The number of carbonyl (C=O) groups excluding carboxylic acids is 2. The molecule has 0 aromatic rings. The standard InChI is InChI=1S/C26H41NO4/c1-7-8-9-10-13-25(3,4)20-15-21-22(24(30)23(20)29)18-14-17(27-16(2)28)11-12-19(18)26(5,6)31-21/h15,17-20,30H,7-14H2,1-6H3,(H,27,28)/t17?,18-,19-,20?/m1/s1. The molecule has 1 aliphatic heterocycles. The Hall–Kier alpha value is -1.78. The first-order valence-electron chi connectivity index (χ1n) is 12.1. The first-order valence-corrected chi connectivity index (χ1v) is 12.1. The summed E-state index contributed by atoms with van der Waals surface area (Å²) < 4.78 is 6.45. The van der Waals surface area contributed by atoms with E-state index in [1.54, 1.807) is 6.92 Å². The van der Waals surface area contributed by atoms with Gasteiger partial charge in [-0.3, -0.25) is 9.59 Å². The number of allylic oxidation sites excluding steroid dienone is 3. The lowest BCUT2D eigenvalue weighted by atomic mass is 9.62. The summed E-state index contributed by atoms with van der Waals surface area (Å²) in [5, 5.41) is 14.2. The summed E-state index contributed by atoms with van der Waals surface area (Å²) in [5.74, 6) is 0.194. The van der Waals surface area contributed by atoms with E-state index in [1.165, 1.54) is 19.3 Å². The summed E-state index contributed by atoms with van der Waals surface area (Å²) in [7, 11) is 0. The molecular formula is C26H41NO4. The number of amides is 1. The Morgan fingerprint density at radius 1 is 1.26 bits per heavy atom. The highest BCUT2D eigenvalue weighted by Gasteiger charge is 2.52. The number of rotatable bonds is 7. The molecule has 3 aliphatic rings. The highest BCUT2D eigenvalue weighted by atomic mass is 16.5. The van der Waals surface area contributed by atoms with Crippen molar-refractivity contribution < 1.29 is 19.4 Å². The molecule has 5 heteroatoms. The van der Waals surface area contributed by atoms with Gasteiger partial charge in [-0.1, -0.05) is 46.5 Å². The molecule has 2 N–H and O–H groups in total. The Bertz CT molecular complexity index is 776. The number of fused-ring (bicyclic) bond motifs is 3. The van der Waals surface area contributed by atoms with Gasteiger partial charge >= 0.3 is 0 Å². The molecule has 1 saturated heterocycles. The maximum Gasteiger partial charge on any atom is 0.217 e. The van der Waals surface area contributed by atoms with E-state index in [0.717, 1.165) is 32.1 Å². The second-order valence-corrected chi connectivity index (χ2v) is 11.1. The van der Waals surface area contributed by atoms with Crippen LogP contribution in [0.3, 0.4) is 0 Å². The lowest BCUT2D eigenvalue weighted by Crippen LogP contribution is -2.52. The number of nitrogens with one attached hydrogen (secondary N) is 1. The Kier molecular flexibility index (Phi) is 6.93. The second-order valence-electron chi connectivity index (χ2n) is 11.1. The predicted molar refractivity (Wildman–Crippen MR) is 122 cm³/mol. The first-order chi connectivity index (χ1) is 14.5. The fourth-order valence-corrected chi connectivity index (χ4v) is 6.00. The van der Waals surface area contributed by atoms with Crippen molar-refractivity contribution in [1.29, 1.82) is 0 Å². The van der Waals surface area contributed by atoms with E-state index < -0.39 is 0 Å². The van der Waals surface area contributed by atoms with E-state index in [4.69, 9.17) is 4.74 Å². The Labute approximate surface area is 187 Å². The number of aliphatic hydroxyl groups is 1. The zero-order valence-corrected chi connectivity index (χ0v) is 20.2. The number of hydrogen-bond acceptors (Lipinski definition) is 4. The molecule has 2 fully saturated rings. The van der Waals surface area contributed by atoms with Crippen LogP contribution in [0.2, 0.25) is 0 Å². The van der Waals surface area contributed by atoms with Gasteiger partial charge in [-0.15, -0.1) is 0 Å². The van der Waals surface area contributed by atoms with Crippen LogP contribution in [0.4, 0.5) is 0 Å². The van der Waals surface area contributed by atoms with Gasteiger partial charge in [0.15, 0.2) is 5.76 Å². The van der Waals surface area contributed by atoms with Crippen molar-refractivity contribution in [3.05, 3.63) is 23.2 Å². The number of aliphatic hydroxyl groups excluding tert-OH is 1. The van der Waals surface area contributed by atoms with E-state index in [1.807, 2.05) is 6.08 Å². The van der Waals surface area contributed by atoms with Gasteiger partial charge in [0.05, 0.1) is 5.92 Å². The van der Waals surface area contributed by atoms with E-state index in [2.05, 4.69) is 39.9 Å². The van der Waals surface area contributed by atoms with Crippen molar-refractivity contribution in [3.63, 3.8) is 0 Å². The van der Waals surface area contributed by atoms with Gasteiger partial charge < -0.3 is 15.2 Å². The summed E-state index contributed by atoms with van der Waals surface area (Å²) in [6, 6.07) is 0.0667. The van der Waals surface area contributed by atoms with E-state index >= 15 is 0 Å². The van der Waals surface area contributed by atoms with Crippen molar-refractivity contribution in [2.45, 2.75) is 105 Å². The maximum atomic E-state index is 13.3. The van der Waals surface area contributed by atoms with E-state index in [-0.39, 0.29) is 52.3 Å². The number of unbranched alkanes of at least 4 members (excludes halogenated alkanes) is 3. The molecule has 3 rings (SSSR count). The highest BCUT2D eigenvalue weighted by molar-refractivity contribution is 5.99. The molecule has 0 bridgehead atoms. The molecule has 0 aromatic carbocycles. The number of ketones is 1. The molecule has 5 nitrogen and oxygen atoms in total. The van der Waals surface area contributed by atoms with Crippen LogP contribution in [0.5, 0.6) is 0 Å². The van der Waals surface area contributed by atoms with Gasteiger partial charge in [-0.05, 0) is 56.9 Å². The van der Waals surface area contributed by atoms with Gasteiger partial charge in [-0.2, -0.15) is 0 Å². The summed E-state index contributed by atoms with van der Waals surface area (Å²) in [5.41, 5.74) is 0.0485. The third-order valence-electron chi connectivity index (χ3n) is 7.77. The van der Waals surface area contributed by atoms with Crippen LogP contribution >= 0.6 is 0 Å². The predicted octanol–water partition coefficient (Wildman–Crippen LogP) is 5.61. The normalized spacial score (nSPS) is 30.1. The molecule has 0 spiro atoms. The summed E-state index contributed by atoms with van der Waals surface area (Å²) >= 11 is 0. The zero-order chi connectivity index (χ0) is 23.0. The number of Topliss-reactive ketones (excluding diaryl/α,β-unsaturated/α-hetero) is 1. The number of ether oxygens (including phenoxy) is 1. The zero-order valence-electron chi connectivity index (χ0n) is 20.2. The topological polar surface area (TPSA) is 75.6 Å². The van der Waals surface area contributed by atoms with Crippen molar-refractivity contribution in [3.8, 4) is 0 Å². The molecule has 1 amide bonds. The fourth-order valence-electron chi connectivity index (χ4n) is 6.00. The summed E-state index contributed by atoms with van der Waals surface area (Å²) in [6.07, 6.45) is 10.1. The van der Waals surface area contributed by atoms with Crippen LogP contribution in [-0.4, -0.2) is 28.4 Å². The van der Waals surface area contributed by atoms with Gasteiger partial charge in [0, 0.05) is 24.5 Å². The van der Waals surface area contributed by atoms with E-state index in [0.29, 0.717) is 11.3 Å². The molecule has 1 saturated carbocycles. The van der Waals surface area contributed by atoms with E-state index in [9.17, 15) is 14.7 Å². The summed E-state index contributed by atoms with van der Waals surface area (Å²) in [6.45, 7) is 12.2. The van der Waals surface area contributed by atoms with Gasteiger partial charge in [0.1, 0.15) is 11.4 Å². The molecule has 2 unspecified atom stereocenters. The highest BCUT2D eigenvalue weighted by Crippen LogP contribution is 2.53. The number of carbonyl (C=O) groups is 2. The molecule has 1 heterocycles. The van der Waals surface area contributed by atoms with Crippen molar-refractivity contribution in [2.75, 3.05) is 0 Å². The average Bonchev–Trinajstić information content (AvgIpc) is 2.66. The molecular weight excluding hydrogens is 390 g/mol.